The Bertz CT molecular complexity index is 485. The van der Waals surface area contributed by atoms with E-state index in [1.807, 2.05) is 6.92 Å². The Kier molecular flexibility index (Phi) is 4.01. The van der Waals surface area contributed by atoms with E-state index in [2.05, 4.69) is 0 Å². The number of carbonyl (C=O) groups is 2. The van der Waals surface area contributed by atoms with Crippen molar-refractivity contribution >= 4 is 12.0 Å². The van der Waals surface area contributed by atoms with Gasteiger partial charge in [-0.1, -0.05) is 6.92 Å². The second-order valence-electron chi connectivity index (χ2n) is 5.38. The Hall–Kier alpha value is -1.98. The van der Waals surface area contributed by atoms with E-state index in [0.717, 1.165) is 5.56 Å². The standard InChI is InChI=1S/C14H20N2O4/c1-3-14(12(17)18)5-6-16(10-14)13(19)15(2)8-11-4-7-20-9-11/h4,7,9H,3,5-6,8,10H2,1-2H3,(H,17,18). The van der Waals surface area contributed by atoms with E-state index in [9.17, 15) is 14.7 Å². The number of carboxylic acids is 1. The van der Waals surface area contributed by atoms with Crippen molar-refractivity contribution < 1.29 is 19.1 Å². The number of amides is 2. The van der Waals surface area contributed by atoms with Gasteiger partial charge in [0.05, 0.1) is 24.5 Å². The van der Waals surface area contributed by atoms with Gasteiger partial charge in [0.25, 0.3) is 0 Å². The molecule has 1 fully saturated rings. The Balaban J connectivity index is 1.98. The molecule has 2 rings (SSSR count). The van der Waals surface area contributed by atoms with Crippen LogP contribution in [0.5, 0.6) is 0 Å². The minimum Gasteiger partial charge on any atom is -0.481 e. The largest absolute Gasteiger partial charge is 0.481 e. The van der Waals surface area contributed by atoms with E-state index >= 15 is 0 Å². The highest BCUT2D eigenvalue weighted by Crippen LogP contribution is 2.34. The predicted octanol–water partition coefficient (Wildman–Crippen LogP) is 2.02. The molecule has 0 saturated carbocycles. The molecule has 20 heavy (non-hydrogen) atoms. The summed E-state index contributed by atoms with van der Waals surface area (Å²) in [5, 5.41) is 9.35. The molecule has 6 heteroatoms. The molecule has 0 radical (unpaired) electrons. The predicted molar refractivity (Wildman–Crippen MR) is 72.1 cm³/mol. The number of furan rings is 1. The van der Waals surface area contributed by atoms with Gasteiger partial charge in [-0.15, -0.1) is 0 Å². The third kappa shape index (κ3) is 2.64. The lowest BCUT2D eigenvalue weighted by atomic mass is 9.84. The monoisotopic (exact) mass is 280 g/mol. The van der Waals surface area contributed by atoms with Crippen LogP contribution in [0.4, 0.5) is 4.79 Å². The number of aliphatic carboxylic acids is 1. The van der Waals surface area contributed by atoms with Crippen LogP contribution in [0.15, 0.2) is 23.0 Å². The van der Waals surface area contributed by atoms with Crippen molar-refractivity contribution in [2.45, 2.75) is 26.3 Å². The lowest BCUT2D eigenvalue weighted by Gasteiger charge is -2.26. The van der Waals surface area contributed by atoms with Crippen molar-refractivity contribution in [1.29, 1.82) is 0 Å². The summed E-state index contributed by atoms with van der Waals surface area (Å²) in [5.74, 6) is -0.812. The second-order valence-corrected chi connectivity index (χ2v) is 5.38. The minimum atomic E-state index is -0.812. The Morgan fingerprint density at radius 1 is 1.55 bits per heavy atom. The van der Waals surface area contributed by atoms with Gasteiger partial charge in [0.2, 0.25) is 0 Å². The minimum absolute atomic E-state index is 0.136. The van der Waals surface area contributed by atoms with Crippen LogP contribution in [0, 0.1) is 5.41 Å². The van der Waals surface area contributed by atoms with E-state index < -0.39 is 11.4 Å². The Morgan fingerprint density at radius 2 is 2.30 bits per heavy atom. The highest BCUT2D eigenvalue weighted by atomic mass is 16.4. The maximum atomic E-state index is 12.3. The molecule has 0 bridgehead atoms. The highest BCUT2D eigenvalue weighted by molar-refractivity contribution is 5.79. The van der Waals surface area contributed by atoms with Gasteiger partial charge in [0.15, 0.2) is 0 Å². The van der Waals surface area contributed by atoms with Crippen LogP contribution in [0.3, 0.4) is 0 Å². The Labute approximate surface area is 118 Å². The first kappa shape index (κ1) is 14.4. The smallest absolute Gasteiger partial charge is 0.320 e. The molecule has 1 N–H and O–H groups in total. The molecule has 1 aliphatic heterocycles. The van der Waals surface area contributed by atoms with Crippen molar-refractivity contribution in [2.75, 3.05) is 20.1 Å². The average molecular weight is 280 g/mol. The first-order chi connectivity index (χ1) is 9.48. The molecule has 2 heterocycles. The van der Waals surface area contributed by atoms with E-state index in [4.69, 9.17) is 4.42 Å². The first-order valence-electron chi connectivity index (χ1n) is 6.73. The van der Waals surface area contributed by atoms with Crippen molar-refractivity contribution in [3.05, 3.63) is 24.2 Å². The lowest BCUT2D eigenvalue weighted by Crippen LogP contribution is -2.42. The fraction of sp³-hybridized carbons (Fsp3) is 0.571. The van der Waals surface area contributed by atoms with Crippen LogP contribution in [0.1, 0.15) is 25.3 Å². The van der Waals surface area contributed by atoms with Crippen LogP contribution in [0.25, 0.3) is 0 Å². The van der Waals surface area contributed by atoms with Gasteiger partial charge in [-0.3, -0.25) is 4.79 Å². The molecule has 0 aliphatic carbocycles. The lowest BCUT2D eigenvalue weighted by molar-refractivity contribution is -0.148. The zero-order valence-electron chi connectivity index (χ0n) is 11.8. The SMILES string of the molecule is CCC1(C(=O)O)CCN(C(=O)N(C)Cc2ccoc2)C1. The van der Waals surface area contributed by atoms with Gasteiger partial charge in [-0.2, -0.15) is 0 Å². The molecule has 1 atom stereocenters. The third-order valence-corrected chi connectivity index (χ3v) is 4.08. The maximum Gasteiger partial charge on any atom is 0.320 e. The zero-order valence-corrected chi connectivity index (χ0v) is 11.8. The van der Waals surface area contributed by atoms with Gasteiger partial charge in [0.1, 0.15) is 0 Å². The van der Waals surface area contributed by atoms with Gasteiger partial charge in [-0.25, -0.2) is 4.79 Å². The molecule has 6 nitrogen and oxygen atoms in total. The number of carboxylic acid groups (broad SMARTS) is 1. The molecule has 1 aromatic rings. The van der Waals surface area contributed by atoms with Crippen molar-refractivity contribution in [1.82, 2.24) is 9.80 Å². The van der Waals surface area contributed by atoms with Crippen molar-refractivity contribution in [3.63, 3.8) is 0 Å². The number of urea groups is 1. The number of hydrogen-bond acceptors (Lipinski definition) is 3. The van der Waals surface area contributed by atoms with Crippen LogP contribution in [0.2, 0.25) is 0 Å². The van der Waals surface area contributed by atoms with Crippen molar-refractivity contribution in [2.24, 2.45) is 5.41 Å². The van der Waals surface area contributed by atoms with Gasteiger partial charge >= 0.3 is 12.0 Å². The second kappa shape index (κ2) is 5.56. The number of rotatable bonds is 4. The molecular formula is C14H20N2O4. The number of nitrogens with zero attached hydrogens (tertiary/aromatic N) is 2. The molecule has 2 amide bonds. The molecule has 1 saturated heterocycles. The van der Waals surface area contributed by atoms with E-state index in [-0.39, 0.29) is 12.6 Å². The van der Waals surface area contributed by atoms with Crippen LogP contribution >= 0.6 is 0 Å². The van der Waals surface area contributed by atoms with E-state index in [1.54, 1.807) is 35.4 Å². The molecular weight excluding hydrogens is 260 g/mol. The summed E-state index contributed by atoms with van der Waals surface area (Å²) in [6.07, 6.45) is 4.22. The summed E-state index contributed by atoms with van der Waals surface area (Å²) in [5.41, 5.74) is 0.131. The molecule has 0 spiro atoms. The van der Waals surface area contributed by atoms with Crippen LogP contribution in [-0.2, 0) is 11.3 Å². The van der Waals surface area contributed by atoms with Gasteiger partial charge < -0.3 is 19.3 Å². The summed E-state index contributed by atoms with van der Waals surface area (Å²) >= 11 is 0. The van der Waals surface area contributed by atoms with Gasteiger partial charge in [-0.05, 0) is 18.9 Å². The highest BCUT2D eigenvalue weighted by Gasteiger charge is 2.45. The fourth-order valence-corrected chi connectivity index (χ4v) is 2.62. The summed E-state index contributed by atoms with van der Waals surface area (Å²) < 4.78 is 4.97. The quantitative estimate of drug-likeness (QED) is 0.915. The Morgan fingerprint density at radius 3 is 2.80 bits per heavy atom. The first-order valence-corrected chi connectivity index (χ1v) is 6.73. The molecule has 1 aromatic heterocycles. The molecule has 1 unspecified atom stereocenters. The van der Waals surface area contributed by atoms with Crippen molar-refractivity contribution in [3.8, 4) is 0 Å². The molecule has 0 aromatic carbocycles. The summed E-state index contributed by atoms with van der Waals surface area (Å²) in [7, 11) is 1.71. The average Bonchev–Trinajstić information content (AvgIpc) is 3.07. The van der Waals surface area contributed by atoms with Gasteiger partial charge in [0, 0.05) is 25.7 Å². The normalized spacial score (nSPS) is 22.0. The third-order valence-electron chi connectivity index (χ3n) is 4.08. The molecule has 110 valence electrons. The summed E-state index contributed by atoms with van der Waals surface area (Å²) in [6.45, 7) is 3.09. The number of likely N-dealkylation sites (tertiary alicyclic amines) is 1. The van der Waals surface area contributed by atoms with Crippen LogP contribution < -0.4 is 0 Å². The fourth-order valence-electron chi connectivity index (χ4n) is 2.62. The topological polar surface area (TPSA) is 74.0 Å². The summed E-state index contributed by atoms with van der Waals surface area (Å²) in [4.78, 5) is 26.9. The summed E-state index contributed by atoms with van der Waals surface area (Å²) in [6, 6.07) is 1.67. The zero-order chi connectivity index (χ0) is 14.8. The van der Waals surface area contributed by atoms with E-state index in [0.29, 0.717) is 25.9 Å². The van der Waals surface area contributed by atoms with E-state index in [1.165, 1.54) is 0 Å². The number of carbonyl (C=O) groups excluding carboxylic acids is 1. The number of hydrogen-bond donors (Lipinski definition) is 1. The maximum absolute atomic E-state index is 12.3. The molecule has 1 aliphatic rings. The van der Waals surface area contributed by atoms with Crippen LogP contribution in [-0.4, -0.2) is 47.0 Å².